The van der Waals surface area contributed by atoms with Gasteiger partial charge < -0.3 is 10.4 Å². The lowest BCUT2D eigenvalue weighted by molar-refractivity contribution is -0.385. The maximum atomic E-state index is 10.9. The number of nitro benzene ring substituents is 1. The summed E-state index contributed by atoms with van der Waals surface area (Å²) in [6.45, 7) is 0.353. The smallest absolute Gasteiger partial charge is 0.342 e. The molecule has 20 heavy (non-hydrogen) atoms. The Labute approximate surface area is 113 Å². The number of anilines is 1. The minimum atomic E-state index is -1.33. The van der Waals surface area contributed by atoms with E-state index in [0.29, 0.717) is 17.9 Å². The number of rotatable bonds is 5. The predicted octanol–water partition coefficient (Wildman–Crippen LogP) is 1.70. The number of carbonyl (C=O) groups is 1. The van der Waals surface area contributed by atoms with Crippen molar-refractivity contribution in [2.75, 3.05) is 5.32 Å². The Balaban J connectivity index is 2.19. The molecule has 0 atom stereocenters. The van der Waals surface area contributed by atoms with Gasteiger partial charge >= 0.3 is 5.97 Å². The standard InChI is InChI=1S/C12H10N4O4/c17-12(18)10-2-1-8(5-11(10)16(19)20)14-6-9-3-4-13-7-15-9/h1-5,7,14H,6H2,(H,17,18). The maximum Gasteiger partial charge on any atom is 0.342 e. The number of nitrogens with one attached hydrogen (secondary N) is 1. The van der Waals surface area contributed by atoms with Crippen molar-refractivity contribution in [3.8, 4) is 0 Å². The zero-order valence-electron chi connectivity index (χ0n) is 10.2. The highest BCUT2D eigenvalue weighted by Gasteiger charge is 2.19. The number of carboxylic acids is 1. The molecule has 0 saturated carbocycles. The van der Waals surface area contributed by atoms with E-state index in [2.05, 4.69) is 15.3 Å². The van der Waals surface area contributed by atoms with Gasteiger partial charge in [0.05, 0.1) is 17.2 Å². The summed E-state index contributed by atoms with van der Waals surface area (Å²) in [4.78, 5) is 28.8. The lowest BCUT2D eigenvalue weighted by Crippen LogP contribution is -2.05. The largest absolute Gasteiger partial charge is 0.477 e. The first-order chi connectivity index (χ1) is 9.58. The van der Waals surface area contributed by atoms with Crippen molar-refractivity contribution in [3.63, 3.8) is 0 Å². The van der Waals surface area contributed by atoms with Crippen molar-refractivity contribution in [1.82, 2.24) is 9.97 Å². The second kappa shape index (κ2) is 5.74. The monoisotopic (exact) mass is 274 g/mol. The van der Waals surface area contributed by atoms with E-state index in [1.165, 1.54) is 24.5 Å². The molecule has 1 aromatic carbocycles. The topological polar surface area (TPSA) is 118 Å². The molecule has 0 saturated heterocycles. The first-order valence-corrected chi connectivity index (χ1v) is 5.58. The van der Waals surface area contributed by atoms with Crippen LogP contribution in [0.3, 0.4) is 0 Å². The average molecular weight is 274 g/mol. The van der Waals surface area contributed by atoms with E-state index in [1.807, 2.05) is 0 Å². The summed E-state index contributed by atoms with van der Waals surface area (Å²) in [5, 5.41) is 22.7. The van der Waals surface area contributed by atoms with E-state index in [0.717, 1.165) is 0 Å². The van der Waals surface area contributed by atoms with Crippen molar-refractivity contribution >= 4 is 17.3 Å². The molecule has 0 fully saturated rings. The van der Waals surface area contributed by atoms with Crippen LogP contribution in [0.5, 0.6) is 0 Å². The number of hydrogen-bond donors (Lipinski definition) is 2. The number of carboxylic acid groups (broad SMARTS) is 1. The van der Waals surface area contributed by atoms with E-state index in [1.54, 1.807) is 12.3 Å². The molecule has 0 aliphatic carbocycles. The highest BCUT2D eigenvalue weighted by atomic mass is 16.6. The van der Waals surface area contributed by atoms with Gasteiger partial charge in [0, 0.05) is 18.0 Å². The van der Waals surface area contributed by atoms with Crippen molar-refractivity contribution in [2.45, 2.75) is 6.54 Å². The number of hydrogen-bond acceptors (Lipinski definition) is 6. The first-order valence-electron chi connectivity index (χ1n) is 5.58. The second-order valence-corrected chi connectivity index (χ2v) is 3.85. The number of aromatic carboxylic acids is 1. The minimum Gasteiger partial charge on any atom is -0.477 e. The lowest BCUT2D eigenvalue weighted by Gasteiger charge is -2.06. The third kappa shape index (κ3) is 3.05. The fraction of sp³-hybridized carbons (Fsp3) is 0.0833. The Morgan fingerprint density at radius 1 is 1.40 bits per heavy atom. The van der Waals surface area contributed by atoms with Gasteiger partial charge in [-0.25, -0.2) is 14.8 Å². The molecule has 1 heterocycles. The highest BCUT2D eigenvalue weighted by molar-refractivity contribution is 5.93. The Bertz CT molecular complexity index is 645. The molecule has 0 unspecified atom stereocenters. The van der Waals surface area contributed by atoms with Crippen LogP contribution < -0.4 is 5.32 Å². The minimum absolute atomic E-state index is 0.345. The second-order valence-electron chi connectivity index (χ2n) is 3.85. The van der Waals surface area contributed by atoms with Crippen LogP contribution in [0.2, 0.25) is 0 Å². The normalized spacial score (nSPS) is 10.0. The fourth-order valence-electron chi connectivity index (χ4n) is 1.59. The molecule has 0 radical (unpaired) electrons. The van der Waals surface area contributed by atoms with Gasteiger partial charge in [0.15, 0.2) is 0 Å². The summed E-state index contributed by atoms with van der Waals surface area (Å²) < 4.78 is 0. The third-order valence-corrected chi connectivity index (χ3v) is 2.54. The molecule has 102 valence electrons. The number of nitro groups is 1. The van der Waals surface area contributed by atoms with Gasteiger partial charge in [-0.3, -0.25) is 10.1 Å². The fourth-order valence-corrected chi connectivity index (χ4v) is 1.59. The maximum absolute atomic E-state index is 10.9. The van der Waals surface area contributed by atoms with Gasteiger partial charge in [-0.2, -0.15) is 0 Å². The summed E-state index contributed by atoms with van der Waals surface area (Å²) in [7, 11) is 0. The van der Waals surface area contributed by atoms with E-state index >= 15 is 0 Å². The quantitative estimate of drug-likeness (QED) is 0.629. The van der Waals surface area contributed by atoms with E-state index in [4.69, 9.17) is 5.11 Å². The molecule has 0 bridgehead atoms. The van der Waals surface area contributed by atoms with Gasteiger partial charge in [0.2, 0.25) is 0 Å². The summed E-state index contributed by atoms with van der Waals surface area (Å²) in [5.74, 6) is -1.33. The van der Waals surface area contributed by atoms with Gasteiger partial charge in [0.25, 0.3) is 5.69 Å². The number of benzene rings is 1. The molecular weight excluding hydrogens is 264 g/mol. The Morgan fingerprint density at radius 3 is 2.80 bits per heavy atom. The van der Waals surface area contributed by atoms with Crippen molar-refractivity contribution in [2.24, 2.45) is 0 Å². The van der Waals surface area contributed by atoms with Crippen LogP contribution in [0.1, 0.15) is 16.1 Å². The van der Waals surface area contributed by atoms with Crippen LogP contribution in [-0.2, 0) is 6.54 Å². The average Bonchev–Trinajstić information content (AvgIpc) is 2.45. The molecule has 2 rings (SSSR count). The summed E-state index contributed by atoms with van der Waals surface area (Å²) in [6.07, 6.45) is 2.98. The van der Waals surface area contributed by atoms with E-state index < -0.39 is 16.6 Å². The molecule has 0 amide bonds. The Morgan fingerprint density at radius 2 is 2.20 bits per heavy atom. The van der Waals surface area contributed by atoms with Crippen LogP contribution in [-0.4, -0.2) is 26.0 Å². The van der Waals surface area contributed by atoms with E-state index in [9.17, 15) is 14.9 Å². The zero-order valence-corrected chi connectivity index (χ0v) is 10.2. The van der Waals surface area contributed by atoms with E-state index in [-0.39, 0.29) is 5.56 Å². The molecule has 0 aliphatic heterocycles. The molecule has 2 N–H and O–H groups in total. The summed E-state index contributed by atoms with van der Waals surface area (Å²) in [6, 6.07) is 5.55. The number of nitrogens with zero attached hydrogens (tertiary/aromatic N) is 3. The predicted molar refractivity (Wildman–Crippen MR) is 69.4 cm³/mol. The van der Waals surface area contributed by atoms with Crippen LogP contribution in [0.25, 0.3) is 0 Å². The molecule has 0 spiro atoms. The van der Waals surface area contributed by atoms with Crippen LogP contribution in [0.15, 0.2) is 36.8 Å². The summed E-state index contributed by atoms with van der Waals surface area (Å²) in [5.41, 5.74) is 0.359. The van der Waals surface area contributed by atoms with Crippen LogP contribution in [0.4, 0.5) is 11.4 Å². The SMILES string of the molecule is O=C(O)c1ccc(NCc2ccncn2)cc1[N+](=O)[O-]. The van der Waals surface area contributed by atoms with Gasteiger partial charge in [-0.15, -0.1) is 0 Å². The van der Waals surface area contributed by atoms with Crippen LogP contribution >= 0.6 is 0 Å². The molecule has 8 nitrogen and oxygen atoms in total. The third-order valence-electron chi connectivity index (χ3n) is 2.54. The first kappa shape index (κ1) is 13.4. The molecule has 1 aromatic heterocycles. The van der Waals surface area contributed by atoms with Crippen LogP contribution in [0, 0.1) is 10.1 Å². The highest BCUT2D eigenvalue weighted by Crippen LogP contribution is 2.23. The van der Waals surface area contributed by atoms with Gasteiger partial charge in [0.1, 0.15) is 11.9 Å². The molecular formula is C12H10N4O4. The lowest BCUT2D eigenvalue weighted by atomic mass is 10.1. The Kier molecular flexibility index (Phi) is 3.85. The van der Waals surface area contributed by atoms with Gasteiger partial charge in [-0.05, 0) is 18.2 Å². The molecule has 2 aromatic rings. The van der Waals surface area contributed by atoms with Gasteiger partial charge in [-0.1, -0.05) is 0 Å². The number of aromatic nitrogens is 2. The van der Waals surface area contributed by atoms with Crippen molar-refractivity contribution in [3.05, 3.63) is 58.2 Å². The molecule has 0 aliphatic rings. The Hall–Kier alpha value is -3.03. The summed E-state index contributed by atoms with van der Waals surface area (Å²) >= 11 is 0. The molecule has 8 heteroatoms. The van der Waals surface area contributed by atoms with Crippen molar-refractivity contribution in [1.29, 1.82) is 0 Å². The van der Waals surface area contributed by atoms with Crippen molar-refractivity contribution < 1.29 is 14.8 Å². The zero-order chi connectivity index (χ0) is 14.5.